The topological polar surface area (TPSA) is 99.7 Å². The van der Waals surface area contributed by atoms with Crippen LogP contribution in [0.4, 0.5) is 16.0 Å². The van der Waals surface area contributed by atoms with Gasteiger partial charge in [-0.05, 0) is 24.3 Å². The third kappa shape index (κ3) is 6.69. The number of amides is 2. The number of anilines is 2. The molecule has 0 bridgehead atoms. The molecular formula is C26H35FN6O3. The van der Waals surface area contributed by atoms with E-state index < -0.39 is 11.7 Å². The number of carbonyl (C=O) groups excluding carboxylic acids is 2. The first kappa shape index (κ1) is 25.8. The van der Waals surface area contributed by atoms with E-state index in [-0.39, 0.29) is 30.7 Å². The molecule has 2 amide bonds. The summed E-state index contributed by atoms with van der Waals surface area (Å²) in [5, 5.41) is 1.18. The number of benzene rings is 1. The van der Waals surface area contributed by atoms with Crippen LogP contribution in [-0.4, -0.2) is 47.0 Å². The SMILES string of the molecule is CCc1nc(NNC(=O)[C@@H](CC2CCCC2)CN(C=O)OCc2ccccc2)c(F)c(N2CCC2)n1. The number of hydroxylamine groups is 2. The van der Waals surface area contributed by atoms with Gasteiger partial charge in [0.05, 0.1) is 12.5 Å². The average molecular weight is 499 g/mol. The fourth-order valence-corrected chi connectivity index (χ4v) is 4.67. The van der Waals surface area contributed by atoms with Gasteiger partial charge in [0.15, 0.2) is 11.6 Å². The summed E-state index contributed by atoms with van der Waals surface area (Å²) < 4.78 is 15.1. The fraction of sp³-hybridized carbons (Fsp3) is 0.538. The van der Waals surface area contributed by atoms with Crippen LogP contribution in [0.15, 0.2) is 30.3 Å². The van der Waals surface area contributed by atoms with Crippen LogP contribution in [0.1, 0.15) is 56.8 Å². The maximum atomic E-state index is 15.1. The highest BCUT2D eigenvalue weighted by Crippen LogP contribution is 2.31. The summed E-state index contributed by atoms with van der Waals surface area (Å²) in [5.74, 6) is -0.327. The largest absolute Gasteiger partial charge is 0.354 e. The number of nitrogens with one attached hydrogen (secondary N) is 2. The van der Waals surface area contributed by atoms with Crippen molar-refractivity contribution in [1.82, 2.24) is 20.5 Å². The van der Waals surface area contributed by atoms with E-state index in [1.54, 1.807) is 0 Å². The molecule has 1 aliphatic carbocycles. The van der Waals surface area contributed by atoms with Crippen molar-refractivity contribution in [2.24, 2.45) is 11.8 Å². The van der Waals surface area contributed by atoms with Crippen molar-refractivity contribution >= 4 is 24.0 Å². The second kappa shape index (κ2) is 12.6. The van der Waals surface area contributed by atoms with Gasteiger partial charge in [-0.3, -0.25) is 25.3 Å². The van der Waals surface area contributed by atoms with Crippen LogP contribution < -0.4 is 15.8 Å². The van der Waals surface area contributed by atoms with Gasteiger partial charge in [-0.2, -0.15) is 4.39 Å². The molecule has 9 nitrogen and oxygen atoms in total. The van der Waals surface area contributed by atoms with E-state index in [0.717, 1.165) is 50.8 Å². The smallest absolute Gasteiger partial charge is 0.243 e. The van der Waals surface area contributed by atoms with E-state index >= 15 is 4.39 Å². The van der Waals surface area contributed by atoms with E-state index in [1.165, 1.54) is 5.06 Å². The number of hydrazine groups is 1. The number of carbonyl (C=O) groups is 2. The fourth-order valence-electron chi connectivity index (χ4n) is 4.67. The first-order valence-electron chi connectivity index (χ1n) is 12.8. The van der Waals surface area contributed by atoms with Crippen LogP contribution in [0.5, 0.6) is 0 Å². The predicted octanol–water partition coefficient (Wildman–Crippen LogP) is 3.62. The van der Waals surface area contributed by atoms with E-state index in [4.69, 9.17) is 4.84 Å². The predicted molar refractivity (Wildman–Crippen MR) is 134 cm³/mol. The first-order chi connectivity index (χ1) is 17.6. The number of nitrogens with zero attached hydrogens (tertiary/aromatic N) is 4. The summed E-state index contributed by atoms with van der Waals surface area (Å²) in [4.78, 5) is 41.1. The van der Waals surface area contributed by atoms with Gasteiger partial charge in [-0.15, -0.1) is 0 Å². The van der Waals surface area contributed by atoms with Crippen molar-refractivity contribution in [2.75, 3.05) is 30.0 Å². The standard InChI is InChI=1S/C26H35FN6O3/c1-2-22-28-24(23(27)25(29-22)32-13-8-14-32)30-31-26(35)21(15-19-9-6-7-10-19)16-33(18-34)36-17-20-11-4-3-5-12-20/h3-5,11-12,18-19,21H,2,6-10,13-17H2,1H3,(H,31,35)(H,28,29,30)/t21-/m0/s1. The minimum atomic E-state index is -0.583. The molecule has 2 N–H and O–H groups in total. The Hall–Kier alpha value is -3.27. The second-order valence-corrected chi connectivity index (χ2v) is 9.48. The van der Waals surface area contributed by atoms with Gasteiger partial charge in [0.1, 0.15) is 12.4 Å². The molecule has 1 aromatic heterocycles. The molecule has 2 fully saturated rings. The molecule has 2 aromatic rings. The number of aromatic nitrogens is 2. The minimum Gasteiger partial charge on any atom is -0.354 e. The molecule has 4 rings (SSSR count). The van der Waals surface area contributed by atoms with Crippen molar-refractivity contribution < 1.29 is 18.8 Å². The van der Waals surface area contributed by atoms with Crippen LogP contribution in [0.25, 0.3) is 0 Å². The summed E-state index contributed by atoms with van der Waals surface area (Å²) in [6.07, 6.45) is 7.16. The molecule has 2 heterocycles. The lowest BCUT2D eigenvalue weighted by Gasteiger charge is -2.32. The van der Waals surface area contributed by atoms with E-state index in [1.807, 2.05) is 42.2 Å². The lowest BCUT2D eigenvalue weighted by Crippen LogP contribution is -2.42. The van der Waals surface area contributed by atoms with Gasteiger partial charge >= 0.3 is 0 Å². The zero-order valence-electron chi connectivity index (χ0n) is 20.8. The Labute approximate surface area is 211 Å². The van der Waals surface area contributed by atoms with Crippen molar-refractivity contribution in [3.05, 3.63) is 47.5 Å². The Morgan fingerprint density at radius 1 is 1.22 bits per heavy atom. The van der Waals surface area contributed by atoms with E-state index in [2.05, 4.69) is 20.8 Å². The third-order valence-corrected chi connectivity index (χ3v) is 6.88. The van der Waals surface area contributed by atoms with Crippen LogP contribution in [0, 0.1) is 17.7 Å². The molecule has 0 unspecified atom stereocenters. The summed E-state index contributed by atoms with van der Waals surface area (Å²) in [5.41, 5.74) is 6.24. The Morgan fingerprint density at radius 2 is 1.97 bits per heavy atom. The maximum Gasteiger partial charge on any atom is 0.243 e. The van der Waals surface area contributed by atoms with Crippen LogP contribution in [0.3, 0.4) is 0 Å². The molecule has 36 heavy (non-hydrogen) atoms. The molecule has 1 atom stereocenters. The molecular weight excluding hydrogens is 463 g/mol. The molecule has 0 radical (unpaired) electrons. The molecule has 1 aromatic carbocycles. The van der Waals surface area contributed by atoms with Gasteiger partial charge in [-0.25, -0.2) is 15.0 Å². The number of hydrogen-bond donors (Lipinski definition) is 2. The summed E-state index contributed by atoms with van der Waals surface area (Å²) >= 11 is 0. The minimum absolute atomic E-state index is 0.0516. The van der Waals surface area contributed by atoms with Crippen molar-refractivity contribution in [1.29, 1.82) is 0 Å². The average Bonchev–Trinajstić information content (AvgIpc) is 3.38. The van der Waals surface area contributed by atoms with E-state index in [0.29, 0.717) is 31.0 Å². The van der Waals surface area contributed by atoms with Gasteiger partial charge in [0.25, 0.3) is 0 Å². The van der Waals surface area contributed by atoms with Gasteiger partial charge < -0.3 is 4.90 Å². The normalized spacial score (nSPS) is 16.3. The molecule has 0 spiro atoms. The molecule has 1 saturated carbocycles. The molecule has 10 heteroatoms. The zero-order valence-corrected chi connectivity index (χ0v) is 20.8. The summed E-state index contributed by atoms with van der Waals surface area (Å²) in [6.45, 7) is 3.72. The van der Waals surface area contributed by atoms with Crippen LogP contribution in [-0.2, 0) is 27.5 Å². The molecule has 1 aliphatic heterocycles. The Kier molecular flexibility index (Phi) is 9.05. The Morgan fingerprint density at radius 3 is 2.61 bits per heavy atom. The van der Waals surface area contributed by atoms with Gasteiger partial charge in [0, 0.05) is 19.5 Å². The van der Waals surface area contributed by atoms with Crippen LogP contribution in [0.2, 0.25) is 0 Å². The number of rotatable bonds is 13. The van der Waals surface area contributed by atoms with Gasteiger partial charge in [-0.1, -0.05) is 62.9 Å². The first-order valence-corrected chi connectivity index (χ1v) is 12.8. The van der Waals surface area contributed by atoms with Crippen molar-refractivity contribution in [3.63, 3.8) is 0 Å². The quantitative estimate of drug-likeness (QED) is 0.321. The Bertz CT molecular complexity index is 1010. The highest BCUT2D eigenvalue weighted by atomic mass is 19.1. The lowest BCUT2D eigenvalue weighted by atomic mass is 9.92. The highest BCUT2D eigenvalue weighted by molar-refractivity contribution is 5.80. The lowest BCUT2D eigenvalue weighted by molar-refractivity contribution is -0.182. The number of aryl methyl sites for hydroxylation is 1. The molecule has 2 aliphatic rings. The number of hydrogen-bond acceptors (Lipinski definition) is 7. The third-order valence-electron chi connectivity index (χ3n) is 6.88. The maximum absolute atomic E-state index is 15.1. The zero-order chi connectivity index (χ0) is 25.3. The number of halogens is 1. The van der Waals surface area contributed by atoms with Crippen LogP contribution >= 0.6 is 0 Å². The monoisotopic (exact) mass is 498 g/mol. The highest BCUT2D eigenvalue weighted by Gasteiger charge is 2.29. The molecule has 194 valence electrons. The summed E-state index contributed by atoms with van der Waals surface area (Å²) in [6, 6.07) is 9.52. The Balaban J connectivity index is 1.42. The van der Waals surface area contributed by atoms with E-state index in [9.17, 15) is 9.59 Å². The van der Waals surface area contributed by atoms with Crippen molar-refractivity contribution in [3.8, 4) is 0 Å². The molecule has 1 saturated heterocycles. The van der Waals surface area contributed by atoms with Crippen molar-refractivity contribution in [2.45, 2.75) is 58.5 Å². The van der Waals surface area contributed by atoms with Gasteiger partial charge in [0.2, 0.25) is 18.1 Å². The second-order valence-electron chi connectivity index (χ2n) is 9.48. The summed E-state index contributed by atoms with van der Waals surface area (Å²) in [7, 11) is 0.